The van der Waals surface area contributed by atoms with E-state index in [2.05, 4.69) is 32.2 Å². The molecule has 0 aliphatic heterocycles. The molecule has 0 saturated heterocycles. The number of benzene rings is 1. The van der Waals surface area contributed by atoms with Gasteiger partial charge in [0.15, 0.2) is 11.3 Å². The van der Waals surface area contributed by atoms with E-state index in [1.54, 1.807) is 0 Å². The fourth-order valence-corrected chi connectivity index (χ4v) is 2.00. The Kier molecular flexibility index (Phi) is 3.92. The smallest absolute Gasteiger partial charge is 0.176 e. The van der Waals surface area contributed by atoms with Crippen LogP contribution in [0.25, 0.3) is 11.0 Å². The SMILES string of the molecule is CCOc1cccc2c(C)c(CNC(C)C)oc12. The Hall–Kier alpha value is -1.48. The van der Waals surface area contributed by atoms with Crippen molar-refractivity contribution in [3.63, 3.8) is 0 Å². The lowest BCUT2D eigenvalue weighted by atomic mass is 10.1. The molecule has 3 nitrogen and oxygen atoms in total. The van der Waals surface area contributed by atoms with E-state index in [0.29, 0.717) is 12.6 Å². The number of rotatable bonds is 5. The highest BCUT2D eigenvalue weighted by molar-refractivity contribution is 5.87. The average Bonchev–Trinajstić information content (AvgIpc) is 2.66. The molecule has 0 bridgehead atoms. The van der Waals surface area contributed by atoms with Gasteiger partial charge in [0.1, 0.15) is 5.76 Å². The topological polar surface area (TPSA) is 34.4 Å². The fourth-order valence-electron chi connectivity index (χ4n) is 2.00. The van der Waals surface area contributed by atoms with Gasteiger partial charge in [-0.2, -0.15) is 0 Å². The van der Waals surface area contributed by atoms with Gasteiger partial charge in [0.05, 0.1) is 13.2 Å². The van der Waals surface area contributed by atoms with Crippen LogP contribution in [0.15, 0.2) is 22.6 Å². The summed E-state index contributed by atoms with van der Waals surface area (Å²) in [4.78, 5) is 0. The van der Waals surface area contributed by atoms with Gasteiger partial charge in [-0.25, -0.2) is 0 Å². The van der Waals surface area contributed by atoms with Gasteiger partial charge < -0.3 is 14.5 Å². The average molecular weight is 247 g/mol. The van der Waals surface area contributed by atoms with E-state index in [-0.39, 0.29) is 0 Å². The molecule has 0 saturated carbocycles. The summed E-state index contributed by atoms with van der Waals surface area (Å²) in [6.07, 6.45) is 0. The molecule has 0 fully saturated rings. The molecule has 0 atom stereocenters. The van der Waals surface area contributed by atoms with E-state index >= 15 is 0 Å². The fraction of sp³-hybridized carbons (Fsp3) is 0.467. The van der Waals surface area contributed by atoms with E-state index in [4.69, 9.17) is 9.15 Å². The zero-order valence-corrected chi connectivity index (χ0v) is 11.5. The predicted octanol–water partition coefficient (Wildman–Crippen LogP) is 3.64. The van der Waals surface area contributed by atoms with Crippen molar-refractivity contribution in [2.45, 2.75) is 40.3 Å². The second-order valence-electron chi connectivity index (χ2n) is 4.75. The zero-order valence-electron chi connectivity index (χ0n) is 11.5. The summed E-state index contributed by atoms with van der Waals surface area (Å²) in [5.74, 6) is 1.82. The molecule has 98 valence electrons. The molecule has 0 aliphatic rings. The number of hydrogen-bond acceptors (Lipinski definition) is 3. The molecule has 1 aromatic heterocycles. The van der Waals surface area contributed by atoms with Crippen molar-refractivity contribution in [2.75, 3.05) is 6.61 Å². The minimum atomic E-state index is 0.448. The summed E-state index contributed by atoms with van der Waals surface area (Å²) in [5.41, 5.74) is 2.05. The summed E-state index contributed by atoms with van der Waals surface area (Å²) in [6.45, 7) is 9.74. The lowest BCUT2D eigenvalue weighted by Gasteiger charge is -2.06. The second-order valence-corrected chi connectivity index (χ2v) is 4.75. The number of furan rings is 1. The number of ether oxygens (including phenoxy) is 1. The first kappa shape index (κ1) is 13.0. The maximum atomic E-state index is 5.95. The first-order chi connectivity index (χ1) is 8.63. The largest absolute Gasteiger partial charge is 0.490 e. The van der Waals surface area contributed by atoms with Crippen molar-refractivity contribution in [3.8, 4) is 5.75 Å². The molecule has 1 heterocycles. The quantitative estimate of drug-likeness (QED) is 0.876. The Morgan fingerprint density at radius 3 is 2.78 bits per heavy atom. The van der Waals surface area contributed by atoms with Crippen LogP contribution in [-0.2, 0) is 6.54 Å². The molecule has 0 unspecified atom stereocenters. The standard InChI is InChI=1S/C15H21NO2/c1-5-17-13-8-6-7-12-11(4)14(18-15(12)13)9-16-10(2)3/h6-8,10,16H,5,9H2,1-4H3. The van der Waals surface area contributed by atoms with Crippen LogP contribution in [0.3, 0.4) is 0 Å². The highest BCUT2D eigenvalue weighted by atomic mass is 16.5. The second kappa shape index (κ2) is 5.44. The van der Waals surface area contributed by atoms with E-state index in [9.17, 15) is 0 Å². The van der Waals surface area contributed by atoms with Crippen LogP contribution in [0.1, 0.15) is 32.1 Å². The van der Waals surface area contributed by atoms with E-state index < -0.39 is 0 Å². The molecule has 1 aromatic carbocycles. The van der Waals surface area contributed by atoms with E-state index in [0.717, 1.165) is 29.0 Å². The lowest BCUT2D eigenvalue weighted by Crippen LogP contribution is -2.21. The minimum Gasteiger partial charge on any atom is -0.490 e. The maximum Gasteiger partial charge on any atom is 0.176 e. The number of aryl methyl sites for hydroxylation is 1. The van der Waals surface area contributed by atoms with Crippen LogP contribution >= 0.6 is 0 Å². The molecule has 18 heavy (non-hydrogen) atoms. The van der Waals surface area contributed by atoms with Crippen LogP contribution in [0.2, 0.25) is 0 Å². The highest BCUT2D eigenvalue weighted by Gasteiger charge is 2.13. The van der Waals surface area contributed by atoms with Gasteiger partial charge in [0.2, 0.25) is 0 Å². The normalized spacial score (nSPS) is 11.4. The summed E-state index contributed by atoms with van der Waals surface area (Å²) < 4.78 is 11.5. The molecule has 0 aliphatic carbocycles. The third kappa shape index (κ3) is 2.51. The third-order valence-electron chi connectivity index (χ3n) is 3.00. The van der Waals surface area contributed by atoms with Gasteiger partial charge in [-0.15, -0.1) is 0 Å². The molecule has 3 heteroatoms. The van der Waals surface area contributed by atoms with Gasteiger partial charge in [-0.1, -0.05) is 26.0 Å². The Labute approximate surface area is 108 Å². The Balaban J connectivity index is 2.38. The monoisotopic (exact) mass is 247 g/mol. The molecular formula is C15H21NO2. The highest BCUT2D eigenvalue weighted by Crippen LogP contribution is 2.32. The number of nitrogens with one attached hydrogen (secondary N) is 1. The Bertz CT molecular complexity index is 529. The van der Waals surface area contributed by atoms with Crippen molar-refractivity contribution in [1.29, 1.82) is 0 Å². The van der Waals surface area contributed by atoms with Crippen LogP contribution < -0.4 is 10.1 Å². The minimum absolute atomic E-state index is 0.448. The van der Waals surface area contributed by atoms with Crippen molar-refractivity contribution in [2.24, 2.45) is 0 Å². The van der Waals surface area contributed by atoms with Crippen molar-refractivity contribution in [1.82, 2.24) is 5.32 Å². The van der Waals surface area contributed by atoms with Gasteiger partial charge in [0.25, 0.3) is 0 Å². The van der Waals surface area contributed by atoms with Crippen LogP contribution in [-0.4, -0.2) is 12.6 Å². The van der Waals surface area contributed by atoms with Crippen molar-refractivity contribution < 1.29 is 9.15 Å². The Morgan fingerprint density at radius 1 is 1.33 bits per heavy atom. The molecule has 0 spiro atoms. The molecule has 2 aromatic rings. The van der Waals surface area contributed by atoms with Gasteiger partial charge in [-0.05, 0) is 25.5 Å². The molecule has 0 radical (unpaired) electrons. The van der Waals surface area contributed by atoms with Crippen LogP contribution in [0, 0.1) is 6.92 Å². The number of hydrogen-bond donors (Lipinski definition) is 1. The van der Waals surface area contributed by atoms with E-state index in [1.165, 1.54) is 5.56 Å². The number of para-hydroxylation sites is 1. The summed E-state index contributed by atoms with van der Waals surface area (Å²) >= 11 is 0. The summed E-state index contributed by atoms with van der Waals surface area (Å²) in [5, 5.41) is 4.52. The zero-order chi connectivity index (χ0) is 13.1. The van der Waals surface area contributed by atoms with Gasteiger partial charge in [-0.3, -0.25) is 0 Å². The van der Waals surface area contributed by atoms with E-state index in [1.807, 2.05) is 19.1 Å². The van der Waals surface area contributed by atoms with Crippen LogP contribution in [0.4, 0.5) is 0 Å². The molecule has 0 amide bonds. The number of fused-ring (bicyclic) bond motifs is 1. The molecular weight excluding hydrogens is 226 g/mol. The summed E-state index contributed by atoms with van der Waals surface area (Å²) in [6, 6.07) is 6.49. The Morgan fingerprint density at radius 2 is 2.11 bits per heavy atom. The van der Waals surface area contributed by atoms with Crippen LogP contribution in [0.5, 0.6) is 5.75 Å². The lowest BCUT2D eigenvalue weighted by molar-refractivity contribution is 0.337. The van der Waals surface area contributed by atoms with Gasteiger partial charge in [0, 0.05) is 11.4 Å². The first-order valence-corrected chi connectivity index (χ1v) is 6.50. The van der Waals surface area contributed by atoms with Crippen molar-refractivity contribution in [3.05, 3.63) is 29.5 Å². The third-order valence-corrected chi connectivity index (χ3v) is 3.00. The van der Waals surface area contributed by atoms with Gasteiger partial charge >= 0.3 is 0 Å². The maximum absolute atomic E-state index is 5.95. The predicted molar refractivity (Wildman–Crippen MR) is 74.1 cm³/mol. The molecule has 1 N–H and O–H groups in total. The summed E-state index contributed by atoms with van der Waals surface area (Å²) in [7, 11) is 0. The first-order valence-electron chi connectivity index (χ1n) is 6.50. The molecule has 2 rings (SSSR count). The van der Waals surface area contributed by atoms with Crippen molar-refractivity contribution >= 4 is 11.0 Å².